The number of carbonyl (C=O) groups is 1. The van der Waals surface area contributed by atoms with E-state index in [0.29, 0.717) is 40.1 Å². The summed E-state index contributed by atoms with van der Waals surface area (Å²) in [5, 5.41) is 12.7. The molecule has 0 bridgehead atoms. The van der Waals surface area contributed by atoms with Crippen molar-refractivity contribution in [3.8, 4) is 28.6 Å². The second kappa shape index (κ2) is 8.22. The first-order valence-corrected chi connectivity index (χ1v) is 8.07. The fourth-order valence-electron chi connectivity index (χ4n) is 2.43. The van der Waals surface area contributed by atoms with Gasteiger partial charge in [-0.15, -0.1) is 0 Å². The summed E-state index contributed by atoms with van der Waals surface area (Å²) < 4.78 is 21.3. The van der Waals surface area contributed by atoms with Gasteiger partial charge in [-0.05, 0) is 29.8 Å². The highest BCUT2D eigenvalue weighted by molar-refractivity contribution is 5.70. The number of benzene rings is 2. The van der Waals surface area contributed by atoms with E-state index in [2.05, 4.69) is 10.1 Å². The van der Waals surface area contributed by atoms with E-state index in [1.807, 2.05) is 0 Å². The van der Waals surface area contributed by atoms with E-state index >= 15 is 0 Å². The normalized spacial score (nSPS) is 10.4. The number of aliphatic carboxylic acids is 1. The summed E-state index contributed by atoms with van der Waals surface area (Å²) in [6, 6.07) is 12.1. The summed E-state index contributed by atoms with van der Waals surface area (Å²) in [5.74, 6) is 1.61. The van der Waals surface area contributed by atoms with E-state index < -0.39 is 5.97 Å². The van der Waals surface area contributed by atoms with Gasteiger partial charge < -0.3 is 23.8 Å². The lowest BCUT2D eigenvalue weighted by Crippen LogP contribution is -2.00. The van der Waals surface area contributed by atoms with Gasteiger partial charge in [-0.25, -0.2) is 0 Å². The lowest BCUT2D eigenvalue weighted by atomic mass is 10.1. The van der Waals surface area contributed by atoms with E-state index in [4.69, 9.17) is 23.8 Å². The van der Waals surface area contributed by atoms with Crippen LogP contribution in [0.4, 0.5) is 0 Å². The molecule has 0 atom stereocenters. The van der Waals surface area contributed by atoms with Gasteiger partial charge in [-0.3, -0.25) is 4.79 Å². The van der Waals surface area contributed by atoms with Gasteiger partial charge in [0.05, 0.1) is 26.2 Å². The van der Waals surface area contributed by atoms with E-state index in [-0.39, 0.29) is 13.0 Å². The van der Waals surface area contributed by atoms with Crippen LogP contribution in [0.2, 0.25) is 0 Å². The third-order valence-electron chi connectivity index (χ3n) is 3.76. The molecular weight excluding hydrogens is 352 g/mol. The van der Waals surface area contributed by atoms with E-state index in [9.17, 15) is 4.79 Å². The zero-order valence-electron chi connectivity index (χ0n) is 14.8. The molecule has 1 aromatic heterocycles. The average Bonchev–Trinajstić information content (AvgIpc) is 3.15. The van der Waals surface area contributed by atoms with Crippen molar-refractivity contribution in [2.45, 2.75) is 13.0 Å². The molecule has 3 aromatic rings. The Morgan fingerprint density at radius 3 is 2.48 bits per heavy atom. The van der Waals surface area contributed by atoms with Crippen molar-refractivity contribution in [2.75, 3.05) is 14.2 Å². The SMILES string of the molecule is COc1ccc(-c2noc(COc3ccc(CC(=O)O)cc3)n2)c(OC)c1. The summed E-state index contributed by atoms with van der Waals surface area (Å²) in [6.45, 7) is 0.0871. The minimum Gasteiger partial charge on any atom is -0.497 e. The molecule has 8 heteroatoms. The summed E-state index contributed by atoms with van der Waals surface area (Å²) in [5.41, 5.74) is 1.37. The minimum absolute atomic E-state index is 0.0308. The third kappa shape index (κ3) is 4.55. The first-order valence-electron chi connectivity index (χ1n) is 8.07. The van der Waals surface area contributed by atoms with Crippen LogP contribution in [0.25, 0.3) is 11.4 Å². The van der Waals surface area contributed by atoms with Crippen molar-refractivity contribution in [1.82, 2.24) is 10.1 Å². The van der Waals surface area contributed by atoms with Gasteiger partial charge in [0.25, 0.3) is 5.89 Å². The van der Waals surface area contributed by atoms with Crippen LogP contribution in [0.5, 0.6) is 17.2 Å². The quantitative estimate of drug-likeness (QED) is 0.645. The predicted molar refractivity (Wildman–Crippen MR) is 95.0 cm³/mol. The van der Waals surface area contributed by atoms with Gasteiger partial charge in [0.15, 0.2) is 6.61 Å². The summed E-state index contributed by atoms with van der Waals surface area (Å²) >= 11 is 0. The molecule has 0 aliphatic rings. The fourth-order valence-corrected chi connectivity index (χ4v) is 2.43. The largest absolute Gasteiger partial charge is 0.497 e. The molecule has 0 amide bonds. The molecule has 0 aliphatic carbocycles. The standard InChI is InChI=1S/C19H18N2O6/c1-24-14-7-8-15(16(10-14)25-2)19-20-17(27-21-19)11-26-13-5-3-12(4-6-13)9-18(22)23/h3-8,10H,9,11H2,1-2H3,(H,22,23). The molecule has 0 saturated heterocycles. The first-order chi connectivity index (χ1) is 13.1. The van der Waals surface area contributed by atoms with E-state index in [1.165, 1.54) is 0 Å². The Bertz CT molecular complexity index is 920. The first kappa shape index (κ1) is 18.2. The molecule has 0 aliphatic heterocycles. The number of rotatable bonds is 8. The van der Waals surface area contributed by atoms with Crippen LogP contribution in [-0.4, -0.2) is 35.4 Å². The Labute approximate surface area is 155 Å². The Kier molecular flexibility index (Phi) is 5.55. The number of carboxylic acid groups (broad SMARTS) is 1. The van der Waals surface area contributed by atoms with Gasteiger partial charge in [-0.2, -0.15) is 4.98 Å². The lowest BCUT2D eigenvalue weighted by molar-refractivity contribution is -0.136. The van der Waals surface area contributed by atoms with Crippen molar-refractivity contribution in [3.05, 3.63) is 53.9 Å². The van der Waals surface area contributed by atoms with Crippen molar-refractivity contribution in [2.24, 2.45) is 0 Å². The van der Waals surface area contributed by atoms with Crippen LogP contribution in [-0.2, 0) is 17.8 Å². The highest BCUT2D eigenvalue weighted by atomic mass is 16.5. The molecule has 3 rings (SSSR count). The maximum atomic E-state index is 10.7. The van der Waals surface area contributed by atoms with Crippen LogP contribution in [0, 0.1) is 0 Å². The zero-order valence-corrected chi connectivity index (χ0v) is 14.8. The van der Waals surface area contributed by atoms with Crippen molar-refractivity contribution >= 4 is 5.97 Å². The van der Waals surface area contributed by atoms with Gasteiger partial charge >= 0.3 is 5.97 Å². The Hall–Kier alpha value is -3.55. The Morgan fingerprint density at radius 2 is 1.81 bits per heavy atom. The smallest absolute Gasteiger partial charge is 0.307 e. The average molecular weight is 370 g/mol. The van der Waals surface area contributed by atoms with Crippen LogP contribution >= 0.6 is 0 Å². The number of methoxy groups -OCH3 is 2. The molecule has 140 valence electrons. The molecule has 0 radical (unpaired) electrons. The van der Waals surface area contributed by atoms with Crippen molar-refractivity contribution in [1.29, 1.82) is 0 Å². The number of carboxylic acids is 1. The molecule has 0 unspecified atom stereocenters. The van der Waals surface area contributed by atoms with Crippen LogP contribution in [0.1, 0.15) is 11.5 Å². The van der Waals surface area contributed by atoms with Crippen molar-refractivity contribution in [3.63, 3.8) is 0 Å². The maximum absolute atomic E-state index is 10.7. The van der Waals surface area contributed by atoms with Crippen LogP contribution in [0.3, 0.4) is 0 Å². The second-order valence-corrected chi connectivity index (χ2v) is 5.58. The highest BCUT2D eigenvalue weighted by Gasteiger charge is 2.14. The van der Waals surface area contributed by atoms with Crippen molar-refractivity contribution < 1.29 is 28.6 Å². The topological polar surface area (TPSA) is 104 Å². The van der Waals surface area contributed by atoms with Gasteiger partial charge in [-0.1, -0.05) is 17.3 Å². The molecule has 1 N–H and O–H groups in total. The predicted octanol–water partition coefficient (Wildman–Crippen LogP) is 2.96. The molecule has 1 heterocycles. The molecule has 0 spiro atoms. The minimum atomic E-state index is -0.879. The van der Waals surface area contributed by atoms with Crippen LogP contribution in [0.15, 0.2) is 47.0 Å². The monoisotopic (exact) mass is 370 g/mol. The number of nitrogens with zero attached hydrogens (tertiary/aromatic N) is 2. The Morgan fingerprint density at radius 1 is 1.07 bits per heavy atom. The molecule has 8 nitrogen and oxygen atoms in total. The molecule has 27 heavy (non-hydrogen) atoms. The number of hydrogen-bond acceptors (Lipinski definition) is 7. The fraction of sp³-hybridized carbons (Fsp3) is 0.211. The molecule has 0 fully saturated rings. The summed E-state index contributed by atoms with van der Waals surface area (Å²) in [6.07, 6.45) is -0.0308. The van der Waals surface area contributed by atoms with Gasteiger partial charge in [0.2, 0.25) is 5.82 Å². The second-order valence-electron chi connectivity index (χ2n) is 5.58. The highest BCUT2D eigenvalue weighted by Crippen LogP contribution is 2.31. The number of ether oxygens (including phenoxy) is 3. The van der Waals surface area contributed by atoms with E-state index in [1.54, 1.807) is 56.7 Å². The molecule has 0 saturated carbocycles. The maximum Gasteiger partial charge on any atom is 0.307 e. The summed E-state index contributed by atoms with van der Waals surface area (Å²) in [7, 11) is 3.13. The third-order valence-corrected chi connectivity index (χ3v) is 3.76. The number of aromatic nitrogens is 2. The van der Waals surface area contributed by atoms with E-state index in [0.717, 1.165) is 0 Å². The van der Waals surface area contributed by atoms with Gasteiger partial charge in [0, 0.05) is 6.07 Å². The summed E-state index contributed by atoms with van der Waals surface area (Å²) in [4.78, 5) is 15.0. The van der Waals surface area contributed by atoms with Gasteiger partial charge in [0.1, 0.15) is 17.2 Å². The molecular formula is C19H18N2O6. The zero-order chi connectivity index (χ0) is 19.2. The Balaban J connectivity index is 1.67. The number of hydrogen-bond donors (Lipinski definition) is 1. The lowest BCUT2D eigenvalue weighted by Gasteiger charge is -2.07. The van der Waals surface area contributed by atoms with Crippen LogP contribution < -0.4 is 14.2 Å². The molecule has 2 aromatic carbocycles.